The fourth-order valence-electron chi connectivity index (χ4n) is 2.72. The average Bonchev–Trinajstić information content (AvgIpc) is 2.94. The standard InChI is InChI=1S/C15H18N2O3/c1-9-14(18)17-12-8-11(6-7-13(12)20-9)16-15(19)10-4-2-3-5-10/h6-10H,2-5H2,1H3,(H,16,19)(H,17,18)/t9-/m1/s1. The van der Waals surface area contributed by atoms with E-state index in [9.17, 15) is 9.59 Å². The Kier molecular flexibility index (Phi) is 3.34. The maximum absolute atomic E-state index is 12.1. The number of carbonyl (C=O) groups is 2. The van der Waals surface area contributed by atoms with Crippen molar-refractivity contribution in [1.82, 2.24) is 0 Å². The van der Waals surface area contributed by atoms with Gasteiger partial charge in [0.05, 0.1) is 5.69 Å². The molecule has 3 rings (SSSR count). The van der Waals surface area contributed by atoms with Gasteiger partial charge in [-0.3, -0.25) is 9.59 Å². The summed E-state index contributed by atoms with van der Waals surface area (Å²) in [5.41, 5.74) is 1.30. The third kappa shape index (κ3) is 2.48. The Labute approximate surface area is 117 Å². The molecule has 0 saturated heterocycles. The first-order valence-electron chi connectivity index (χ1n) is 7.06. The van der Waals surface area contributed by atoms with E-state index in [1.54, 1.807) is 25.1 Å². The first-order valence-corrected chi connectivity index (χ1v) is 7.06. The van der Waals surface area contributed by atoms with Crippen molar-refractivity contribution in [3.8, 4) is 5.75 Å². The molecule has 2 amide bonds. The van der Waals surface area contributed by atoms with Crippen molar-refractivity contribution in [2.24, 2.45) is 5.92 Å². The summed E-state index contributed by atoms with van der Waals surface area (Å²) in [4.78, 5) is 23.6. The van der Waals surface area contributed by atoms with Crippen molar-refractivity contribution in [3.05, 3.63) is 18.2 Å². The smallest absolute Gasteiger partial charge is 0.265 e. The molecule has 1 aromatic carbocycles. The predicted molar refractivity (Wildman–Crippen MR) is 75.7 cm³/mol. The molecule has 20 heavy (non-hydrogen) atoms. The Morgan fingerprint density at radius 2 is 2.10 bits per heavy atom. The SMILES string of the molecule is C[C@H]1Oc2ccc(NC(=O)C3CCCC3)cc2NC1=O. The monoisotopic (exact) mass is 274 g/mol. The summed E-state index contributed by atoms with van der Waals surface area (Å²) in [6.45, 7) is 1.70. The van der Waals surface area contributed by atoms with Gasteiger partial charge in [0.25, 0.3) is 5.91 Å². The van der Waals surface area contributed by atoms with Gasteiger partial charge in [0.15, 0.2) is 6.10 Å². The number of benzene rings is 1. The maximum atomic E-state index is 12.1. The van der Waals surface area contributed by atoms with Crippen LogP contribution in [0.15, 0.2) is 18.2 Å². The van der Waals surface area contributed by atoms with Gasteiger partial charge in [-0.2, -0.15) is 0 Å². The Bertz CT molecular complexity index is 550. The quantitative estimate of drug-likeness (QED) is 0.870. The molecule has 1 heterocycles. The molecule has 0 radical (unpaired) electrons. The molecule has 0 bridgehead atoms. The van der Waals surface area contributed by atoms with Crippen molar-refractivity contribution in [2.75, 3.05) is 10.6 Å². The fraction of sp³-hybridized carbons (Fsp3) is 0.467. The lowest BCUT2D eigenvalue weighted by Gasteiger charge is -2.23. The maximum Gasteiger partial charge on any atom is 0.265 e. The van der Waals surface area contributed by atoms with Crippen LogP contribution in [0.4, 0.5) is 11.4 Å². The van der Waals surface area contributed by atoms with Gasteiger partial charge in [0.2, 0.25) is 5.91 Å². The Hall–Kier alpha value is -2.04. The molecular weight excluding hydrogens is 256 g/mol. The van der Waals surface area contributed by atoms with Crippen LogP contribution in [0.25, 0.3) is 0 Å². The van der Waals surface area contributed by atoms with Crippen LogP contribution in [-0.2, 0) is 9.59 Å². The van der Waals surface area contributed by atoms with E-state index in [-0.39, 0.29) is 17.7 Å². The van der Waals surface area contributed by atoms with Gasteiger partial charge in [-0.15, -0.1) is 0 Å². The highest BCUT2D eigenvalue weighted by Gasteiger charge is 2.25. The molecule has 1 saturated carbocycles. The molecule has 1 fully saturated rings. The summed E-state index contributed by atoms with van der Waals surface area (Å²) in [5, 5.41) is 5.69. The van der Waals surface area contributed by atoms with E-state index < -0.39 is 6.10 Å². The molecule has 0 spiro atoms. The van der Waals surface area contributed by atoms with Gasteiger partial charge < -0.3 is 15.4 Å². The molecule has 1 atom stereocenters. The molecule has 1 aliphatic carbocycles. The Balaban J connectivity index is 1.74. The average molecular weight is 274 g/mol. The highest BCUT2D eigenvalue weighted by molar-refractivity contribution is 5.99. The minimum absolute atomic E-state index is 0.0684. The van der Waals surface area contributed by atoms with Crippen molar-refractivity contribution >= 4 is 23.2 Å². The summed E-state index contributed by atoms with van der Waals surface area (Å²) in [6.07, 6.45) is 3.71. The number of nitrogens with one attached hydrogen (secondary N) is 2. The zero-order valence-corrected chi connectivity index (χ0v) is 11.4. The minimum Gasteiger partial charge on any atom is -0.479 e. The van der Waals surface area contributed by atoms with Crippen molar-refractivity contribution in [3.63, 3.8) is 0 Å². The number of hydrogen-bond donors (Lipinski definition) is 2. The first-order chi connectivity index (χ1) is 9.63. The molecule has 5 heteroatoms. The van der Waals surface area contributed by atoms with E-state index in [1.807, 2.05) is 0 Å². The van der Waals surface area contributed by atoms with E-state index in [1.165, 1.54) is 0 Å². The number of amides is 2. The second-order valence-electron chi connectivity index (χ2n) is 5.43. The molecular formula is C15H18N2O3. The number of fused-ring (bicyclic) bond motifs is 1. The van der Waals surface area contributed by atoms with Gasteiger partial charge in [-0.25, -0.2) is 0 Å². The second-order valence-corrected chi connectivity index (χ2v) is 5.43. The number of anilines is 2. The predicted octanol–water partition coefficient (Wildman–Crippen LogP) is 2.53. The van der Waals surface area contributed by atoms with Crippen molar-refractivity contribution in [1.29, 1.82) is 0 Å². The lowest BCUT2D eigenvalue weighted by molar-refractivity contribution is -0.122. The highest BCUT2D eigenvalue weighted by atomic mass is 16.5. The molecule has 5 nitrogen and oxygen atoms in total. The third-order valence-corrected chi connectivity index (χ3v) is 3.90. The van der Waals surface area contributed by atoms with Crippen LogP contribution in [0.5, 0.6) is 5.75 Å². The largest absolute Gasteiger partial charge is 0.479 e. The van der Waals surface area contributed by atoms with Crippen LogP contribution in [0.3, 0.4) is 0 Å². The third-order valence-electron chi connectivity index (χ3n) is 3.90. The van der Waals surface area contributed by atoms with Crippen LogP contribution in [-0.4, -0.2) is 17.9 Å². The van der Waals surface area contributed by atoms with Crippen LogP contribution in [0.2, 0.25) is 0 Å². The van der Waals surface area contributed by atoms with Crippen LogP contribution in [0.1, 0.15) is 32.6 Å². The van der Waals surface area contributed by atoms with E-state index in [4.69, 9.17) is 4.74 Å². The minimum atomic E-state index is -0.485. The van der Waals surface area contributed by atoms with Crippen LogP contribution >= 0.6 is 0 Å². The summed E-state index contributed by atoms with van der Waals surface area (Å²) in [7, 11) is 0. The Morgan fingerprint density at radius 3 is 2.85 bits per heavy atom. The van der Waals surface area contributed by atoms with Gasteiger partial charge in [-0.05, 0) is 38.0 Å². The zero-order valence-electron chi connectivity index (χ0n) is 11.4. The fourth-order valence-corrected chi connectivity index (χ4v) is 2.72. The van der Waals surface area contributed by atoms with E-state index >= 15 is 0 Å². The summed E-state index contributed by atoms with van der Waals surface area (Å²) < 4.78 is 5.48. The summed E-state index contributed by atoms with van der Waals surface area (Å²) in [6, 6.07) is 5.32. The first kappa shape index (κ1) is 13.0. The molecule has 0 unspecified atom stereocenters. The van der Waals surface area contributed by atoms with Gasteiger partial charge in [0, 0.05) is 11.6 Å². The van der Waals surface area contributed by atoms with Crippen LogP contribution < -0.4 is 15.4 Å². The summed E-state index contributed by atoms with van der Waals surface area (Å²) >= 11 is 0. The van der Waals surface area contributed by atoms with Gasteiger partial charge in [-0.1, -0.05) is 12.8 Å². The Morgan fingerprint density at radius 1 is 1.35 bits per heavy atom. The normalized spacial score (nSPS) is 21.9. The molecule has 0 aromatic heterocycles. The number of ether oxygens (including phenoxy) is 1. The van der Waals surface area contributed by atoms with E-state index in [0.717, 1.165) is 25.7 Å². The molecule has 106 valence electrons. The molecule has 1 aromatic rings. The zero-order chi connectivity index (χ0) is 14.1. The topological polar surface area (TPSA) is 67.4 Å². The van der Waals surface area contributed by atoms with Crippen molar-refractivity contribution in [2.45, 2.75) is 38.7 Å². The second kappa shape index (κ2) is 5.15. The number of rotatable bonds is 2. The number of carbonyl (C=O) groups excluding carboxylic acids is 2. The lowest BCUT2D eigenvalue weighted by Crippen LogP contribution is -2.34. The van der Waals surface area contributed by atoms with E-state index in [2.05, 4.69) is 10.6 Å². The van der Waals surface area contributed by atoms with E-state index in [0.29, 0.717) is 17.1 Å². The van der Waals surface area contributed by atoms with Gasteiger partial charge in [0.1, 0.15) is 5.75 Å². The number of hydrogen-bond acceptors (Lipinski definition) is 3. The molecule has 1 aliphatic heterocycles. The van der Waals surface area contributed by atoms with Gasteiger partial charge >= 0.3 is 0 Å². The highest BCUT2D eigenvalue weighted by Crippen LogP contribution is 2.33. The van der Waals surface area contributed by atoms with Crippen LogP contribution in [0, 0.1) is 5.92 Å². The summed E-state index contributed by atoms with van der Waals surface area (Å²) in [5.74, 6) is 0.656. The lowest BCUT2D eigenvalue weighted by atomic mass is 10.1. The molecule has 2 N–H and O–H groups in total. The van der Waals surface area contributed by atoms with Crippen molar-refractivity contribution < 1.29 is 14.3 Å². The molecule has 2 aliphatic rings.